The van der Waals surface area contributed by atoms with Gasteiger partial charge in [-0.05, 0) is 54.8 Å². The van der Waals surface area contributed by atoms with Crippen molar-refractivity contribution in [1.29, 1.82) is 0 Å². The Morgan fingerprint density at radius 1 is 1.23 bits per heavy atom. The number of rotatable bonds is 3. The molecule has 1 aliphatic carbocycles. The van der Waals surface area contributed by atoms with Crippen LogP contribution in [-0.2, 0) is 9.59 Å². The fraction of sp³-hybridized carbons (Fsp3) is 0.381. The Labute approximate surface area is 152 Å². The quantitative estimate of drug-likeness (QED) is 0.850. The molecule has 134 valence electrons. The lowest BCUT2D eigenvalue weighted by Gasteiger charge is -2.28. The molecule has 2 aliphatic rings. The van der Waals surface area contributed by atoms with Crippen LogP contribution in [0, 0.1) is 18.7 Å². The van der Waals surface area contributed by atoms with Crippen LogP contribution in [0.15, 0.2) is 36.5 Å². The van der Waals surface area contributed by atoms with Crippen LogP contribution < -0.4 is 0 Å². The molecule has 2 aromatic rings. The Morgan fingerprint density at radius 3 is 2.77 bits per heavy atom. The first-order chi connectivity index (χ1) is 12.5. The van der Waals surface area contributed by atoms with E-state index in [0.717, 1.165) is 29.8 Å². The Balaban J connectivity index is 1.49. The van der Waals surface area contributed by atoms with Gasteiger partial charge in [0.15, 0.2) is 0 Å². The Hall–Kier alpha value is -2.56. The zero-order valence-electron chi connectivity index (χ0n) is 14.7. The molecule has 4 rings (SSSR count). The molecule has 5 heteroatoms. The average molecular weight is 352 g/mol. The number of carbonyl (C=O) groups is 2. The summed E-state index contributed by atoms with van der Waals surface area (Å²) in [6, 6.07) is 9.05. The van der Waals surface area contributed by atoms with Crippen molar-refractivity contribution >= 4 is 11.7 Å². The molecule has 2 heterocycles. The van der Waals surface area contributed by atoms with Gasteiger partial charge in [-0.2, -0.15) is 0 Å². The van der Waals surface area contributed by atoms with E-state index in [1.807, 2.05) is 17.0 Å². The normalized spacial score (nSPS) is 20.3. The second-order valence-corrected chi connectivity index (χ2v) is 7.35. The van der Waals surface area contributed by atoms with Gasteiger partial charge in [-0.25, -0.2) is 4.39 Å². The van der Waals surface area contributed by atoms with Crippen molar-refractivity contribution < 1.29 is 14.0 Å². The molecule has 2 fully saturated rings. The number of aryl methyl sites for hydroxylation is 1. The van der Waals surface area contributed by atoms with E-state index in [9.17, 15) is 14.0 Å². The molecule has 1 saturated heterocycles. The molecular weight excluding hydrogens is 331 g/mol. The van der Waals surface area contributed by atoms with Gasteiger partial charge < -0.3 is 4.90 Å². The third kappa shape index (κ3) is 3.14. The van der Waals surface area contributed by atoms with Gasteiger partial charge in [-0.1, -0.05) is 0 Å². The van der Waals surface area contributed by atoms with E-state index in [1.54, 1.807) is 25.3 Å². The number of pyridine rings is 1. The van der Waals surface area contributed by atoms with Gasteiger partial charge in [0.05, 0.1) is 11.6 Å². The number of halogens is 1. The van der Waals surface area contributed by atoms with Crippen LogP contribution in [-0.4, -0.2) is 34.7 Å². The van der Waals surface area contributed by atoms with Crippen LogP contribution in [0.2, 0.25) is 0 Å². The second-order valence-electron chi connectivity index (χ2n) is 7.35. The number of carbonyl (C=O) groups excluding carboxylic acids is 2. The molecule has 1 aromatic heterocycles. The highest BCUT2D eigenvalue weighted by atomic mass is 19.1. The second kappa shape index (κ2) is 6.63. The van der Waals surface area contributed by atoms with Crippen LogP contribution in [0.1, 0.15) is 36.3 Å². The summed E-state index contributed by atoms with van der Waals surface area (Å²) in [5.74, 6) is 0.266. The fourth-order valence-corrected chi connectivity index (χ4v) is 3.82. The van der Waals surface area contributed by atoms with E-state index in [4.69, 9.17) is 0 Å². The van der Waals surface area contributed by atoms with Crippen molar-refractivity contribution in [3.63, 3.8) is 0 Å². The van der Waals surface area contributed by atoms with E-state index in [2.05, 4.69) is 4.98 Å². The number of likely N-dealkylation sites (tertiary alicyclic amines) is 1. The van der Waals surface area contributed by atoms with E-state index in [-0.39, 0.29) is 29.3 Å². The van der Waals surface area contributed by atoms with E-state index >= 15 is 0 Å². The third-order valence-corrected chi connectivity index (χ3v) is 5.51. The first-order valence-corrected chi connectivity index (χ1v) is 9.04. The topological polar surface area (TPSA) is 50.3 Å². The summed E-state index contributed by atoms with van der Waals surface area (Å²) in [6.45, 7) is 3.17. The number of hydrogen-bond donors (Lipinski definition) is 0. The molecule has 0 spiro atoms. The van der Waals surface area contributed by atoms with E-state index in [0.29, 0.717) is 24.9 Å². The zero-order chi connectivity index (χ0) is 18.3. The van der Waals surface area contributed by atoms with Crippen LogP contribution >= 0.6 is 0 Å². The standard InChI is InChI=1S/C21H21FN2O2/c1-13-8-15(2-3-19(13)22)20-11-14(4-6-23-20)16-5-7-24(12-16)21(26)17-9-18(25)10-17/h2-4,6,8,11,16-17H,5,7,9-10,12H2,1H3. The number of amides is 1. The van der Waals surface area contributed by atoms with E-state index < -0.39 is 0 Å². The molecule has 1 aliphatic heterocycles. The third-order valence-electron chi connectivity index (χ3n) is 5.51. The van der Waals surface area contributed by atoms with Gasteiger partial charge in [0, 0.05) is 43.6 Å². The summed E-state index contributed by atoms with van der Waals surface area (Å²) in [4.78, 5) is 29.9. The van der Waals surface area contributed by atoms with Crippen LogP contribution in [0.5, 0.6) is 0 Å². The lowest BCUT2D eigenvalue weighted by atomic mass is 9.83. The number of Topliss-reactive ketones (excluding diaryl/α,β-unsaturated/α-hetero) is 1. The molecular formula is C21H21FN2O2. The maximum atomic E-state index is 13.5. The Bertz CT molecular complexity index is 872. The van der Waals surface area contributed by atoms with Crippen molar-refractivity contribution in [2.24, 2.45) is 5.92 Å². The predicted octanol–water partition coefficient (Wildman–Crippen LogP) is 3.49. The minimum atomic E-state index is -0.218. The van der Waals surface area contributed by atoms with Crippen LogP contribution in [0.4, 0.5) is 4.39 Å². The summed E-state index contributed by atoms with van der Waals surface area (Å²) in [7, 11) is 0. The Kier molecular flexibility index (Phi) is 4.31. The summed E-state index contributed by atoms with van der Waals surface area (Å²) in [5.41, 5.74) is 3.46. The Morgan fingerprint density at radius 2 is 2.04 bits per heavy atom. The first kappa shape index (κ1) is 16.9. The molecule has 26 heavy (non-hydrogen) atoms. The van der Waals surface area contributed by atoms with Crippen molar-refractivity contribution in [3.8, 4) is 11.3 Å². The average Bonchev–Trinajstić information content (AvgIpc) is 3.11. The summed E-state index contributed by atoms with van der Waals surface area (Å²) in [5, 5.41) is 0. The molecule has 1 aromatic carbocycles. The van der Waals surface area contributed by atoms with Crippen molar-refractivity contribution in [2.45, 2.75) is 32.1 Å². The minimum absolute atomic E-state index is 0.101. The first-order valence-electron chi connectivity index (χ1n) is 9.04. The summed E-state index contributed by atoms with van der Waals surface area (Å²) < 4.78 is 13.5. The molecule has 0 bridgehead atoms. The van der Waals surface area contributed by atoms with Crippen LogP contribution in [0.25, 0.3) is 11.3 Å². The largest absolute Gasteiger partial charge is 0.342 e. The van der Waals surface area contributed by atoms with Crippen molar-refractivity contribution in [3.05, 3.63) is 53.5 Å². The smallest absolute Gasteiger partial charge is 0.226 e. The van der Waals surface area contributed by atoms with Gasteiger partial charge in [0.25, 0.3) is 0 Å². The van der Waals surface area contributed by atoms with Crippen LogP contribution in [0.3, 0.4) is 0 Å². The monoisotopic (exact) mass is 352 g/mol. The number of aromatic nitrogens is 1. The van der Waals surface area contributed by atoms with Crippen molar-refractivity contribution in [1.82, 2.24) is 9.88 Å². The number of benzene rings is 1. The number of hydrogen-bond acceptors (Lipinski definition) is 3. The summed E-state index contributed by atoms with van der Waals surface area (Å²) >= 11 is 0. The van der Waals surface area contributed by atoms with E-state index in [1.165, 1.54) is 6.07 Å². The predicted molar refractivity (Wildman–Crippen MR) is 96.0 cm³/mol. The molecule has 0 radical (unpaired) electrons. The zero-order valence-corrected chi connectivity index (χ0v) is 14.7. The SMILES string of the molecule is Cc1cc(-c2cc(C3CCN(C(=O)C4CC(=O)C4)C3)ccn2)ccc1F. The van der Waals surface area contributed by atoms with Gasteiger partial charge in [-0.15, -0.1) is 0 Å². The molecule has 1 unspecified atom stereocenters. The van der Waals surface area contributed by atoms with Gasteiger partial charge >= 0.3 is 0 Å². The molecule has 1 amide bonds. The number of ketones is 1. The highest BCUT2D eigenvalue weighted by Gasteiger charge is 2.38. The summed E-state index contributed by atoms with van der Waals surface area (Å²) in [6.07, 6.45) is 3.50. The fourth-order valence-electron chi connectivity index (χ4n) is 3.82. The highest BCUT2D eigenvalue weighted by molar-refractivity contribution is 5.96. The maximum absolute atomic E-state index is 13.5. The van der Waals surface area contributed by atoms with Gasteiger partial charge in [-0.3, -0.25) is 14.6 Å². The molecule has 1 atom stereocenters. The highest BCUT2D eigenvalue weighted by Crippen LogP contribution is 2.33. The lowest BCUT2D eigenvalue weighted by molar-refractivity contribution is -0.144. The number of nitrogens with zero attached hydrogens (tertiary/aromatic N) is 2. The van der Waals surface area contributed by atoms with Gasteiger partial charge in [0.1, 0.15) is 11.6 Å². The minimum Gasteiger partial charge on any atom is -0.342 e. The van der Waals surface area contributed by atoms with Gasteiger partial charge in [0.2, 0.25) is 5.91 Å². The van der Waals surface area contributed by atoms with Crippen molar-refractivity contribution in [2.75, 3.05) is 13.1 Å². The molecule has 1 saturated carbocycles. The molecule has 0 N–H and O–H groups in total. The molecule has 4 nitrogen and oxygen atoms in total. The maximum Gasteiger partial charge on any atom is 0.226 e. The lowest BCUT2D eigenvalue weighted by Crippen LogP contribution is -2.40.